The van der Waals surface area contributed by atoms with Gasteiger partial charge in [-0.2, -0.15) is 11.3 Å². The summed E-state index contributed by atoms with van der Waals surface area (Å²) >= 11 is 5.64. The van der Waals surface area contributed by atoms with Crippen LogP contribution in [0, 0.1) is 29.7 Å². The molecular weight excluding hydrogens is 875 g/mol. The third-order valence-electron chi connectivity index (χ3n) is 11.2. The molecule has 0 aliphatic heterocycles. The Morgan fingerprint density at radius 3 is 2.10 bits per heavy atom. The fraction of sp³-hybridized carbons (Fsp3) is 0.467. The summed E-state index contributed by atoms with van der Waals surface area (Å²) in [7, 11) is 0. The van der Waals surface area contributed by atoms with Gasteiger partial charge in [0.05, 0.1) is 0 Å². The minimum atomic E-state index is -0.337. The molecule has 0 aliphatic rings. The van der Waals surface area contributed by atoms with E-state index >= 15 is 0 Å². The van der Waals surface area contributed by atoms with Gasteiger partial charge in [0.1, 0.15) is 5.76 Å². The molecule has 0 unspecified atom stereocenters. The Morgan fingerprint density at radius 2 is 1.50 bits per heavy atom. The molecule has 7 heteroatoms. The molecule has 1 N–H and O–H groups in total. The number of aryl methyl sites for hydroxylation is 1. The van der Waals surface area contributed by atoms with Gasteiger partial charge < -0.3 is 5.11 Å². The maximum Gasteiger partial charge on any atom is 0.164 e. The predicted molar refractivity (Wildman–Crippen MR) is 227 cm³/mol. The summed E-state index contributed by atoms with van der Waals surface area (Å²) in [4.78, 5) is 18.6. The maximum atomic E-state index is 12.2. The molecule has 0 saturated carbocycles. The van der Waals surface area contributed by atoms with Crippen LogP contribution in [0.2, 0.25) is 0 Å². The molecule has 3 nitrogen and oxygen atoms in total. The number of rotatable bonds is 10. The number of hydrogen-bond donors (Lipinski definition) is 1. The molecule has 281 valence electrons. The first-order chi connectivity index (χ1) is 24.0. The SMILES string of the molecule is CCC(C)(CC)C(=O)/C=C(\O)C(C)(CC)CC.Cc1sc2cc3c(cc2c1CC(C)C)sc1ccnc(-c2[c-]c4ccsc4c(C(C)(C)C)c2)c13.[Ir]. The van der Waals surface area contributed by atoms with E-state index in [1.54, 1.807) is 0 Å². The van der Waals surface area contributed by atoms with Crippen LogP contribution in [0.5, 0.6) is 0 Å². The van der Waals surface area contributed by atoms with Crippen molar-refractivity contribution in [3.63, 3.8) is 0 Å². The molecular formula is C45H56IrNO2S3-. The average molecular weight is 931 g/mol. The van der Waals surface area contributed by atoms with E-state index in [4.69, 9.17) is 4.98 Å². The zero-order valence-corrected chi connectivity index (χ0v) is 37.9. The van der Waals surface area contributed by atoms with E-state index in [0.717, 1.165) is 43.4 Å². The fourth-order valence-corrected chi connectivity index (χ4v) is 10.0. The van der Waals surface area contributed by atoms with Crippen LogP contribution in [0.1, 0.15) is 118 Å². The molecule has 6 aromatic rings. The van der Waals surface area contributed by atoms with Gasteiger partial charge >= 0.3 is 0 Å². The first-order valence-electron chi connectivity index (χ1n) is 18.6. The quantitative estimate of drug-likeness (QED) is 0.0846. The molecule has 0 aliphatic carbocycles. The van der Waals surface area contributed by atoms with Crippen molar-refractivity contribution < 1.29 is 30.0 Å². The Kier molecular flexibility index (Phi) is 13.5. The van der Waals surface area contributed by atoms with Gasteiger partial charge in [-0.3, -0.25) is 9.78 Å². The third kappa shape index (κ3) is 8.30. The van der Waals surface area contributed by atoms with Gasteiger partial charge in [-0.1, -0.05) is 87.3 Å². The number of hydrogen-bond acceptors (Lipinski definition) is 6. The smallest absolute Gasteiger partial charge is 0.164 e. The molecule has 0 fully saturated rings. The topological polar surface area (TPSA) is 50.2 Å². The number of thiophene rings is 3. The molecule has 1 radical (unpaired) electrons. The summed E-state index contributed by atoms with van der Waals surface area (Å²) in [6.45, 7) is 25.9. The first kappa shape index (κ1) is 42.3. The van der Waals surface area contributed by atoms with Gasteiger partial charge in [0, 0.05) is 67.9 Å². The zero-order chi connectivity index (χ0) is 37.5. The number of pyridine rings is 1. The monoisotopic (exact) mass is 931 g/mol. The van der Waals surface area contributed by atoms with E-state index in [9.17, 15) is 9.90 Å². The van der Waals surface area contributed by atoms with Gasteiger partial charge in [0.15, 0.2) is 5.78 Å². The Hall–Kier alpha value is -2.41. The van der Waals surface area contributed by atoms with Crippen LogP contribution in [-0.2, 0) is 36.7 Å². The van der Waals surface area contributed by atoms with Gasteiger partial charge in [0.25, 0.3) is 0 Å². The summed E-state index contributed by atoms with van der Waals surface area (Å²) < 4.78 is 5.39. The zero-order valence-electron chi connectivity index (χ0n) is 33.1. The number of fused-ring (bicyclic) bond motifs is 5. The number of aromatic nitrogens is 1. The van der Waals surface area contributed by atoms with Crippen molar-refractivity contribution in [3.8, 4) is 11.3 Å². The van der Waals surface area contributed by atoms with E-state index in [-0.39, 0.29) is 47.9 Å². The molecule has 0 amide bonds. The summed E-state index contributed by atoms with van der Waals surface area (Å²) in [6.07, 6.45) is 7.86. The average Bonchev–Trinajstić information content (AvgIpc) is 3.80. The van der Waals surface area contributed by atoms with Gasteiger partial charge in [-0.25, -0.2) is 0 Å². The summed E-state index contributed by atoms with van der Waals surface area (Å²) in [6, 6.07) is 15.3. The molecule has 6 rings (SSSR count). The molecule has 0 atom stereocenters. The fourth-order valence-electron chi connectivity index (χ4n) is 6.73. The van der Waals surface area contributed by atoms with Crippen molar-refractivity contribution in [1.29, 1.82) is 0 Å². The van der Waals surface area contributed by atoms with Crippen LogP contribution >= 0.6 is 34.0 Å². The largest absolute Gasteiger partial charge is 0.512 e. The van der Waals surface area contributed by atoms with E-state index in [2.05, 4.69) is 83.3 Å². The van der Waals surface area contributed by atoms with Gasteiger partial charge in [0.2, 0.25) is 0 Å². The van der Waals surface area contributed by atoms with Crippen LogP contribution in [0.15, 0.2) is 53.7 Å². The van der Waals surface area contributed by atoms with E-state index in [0.29, 0.717) is 5.92 Å². The van der Waals surface area contributed by atoms with Crippen molar-refractivity contribution in [2.75, 3.05) is 0 Å². The number of ketones is 1. The van der Waals surface area contributed by atoms with Crippen LogP contribution < -0.4 is 0 Å². The Labute approximate surface area is 337 Å². The van der Waals surface area contributed by atoms with Crippen molar-refractivity contribution >= 4 is 80.1 Å². The summed E-state index contributed by atoms with van der Waals surface area (Å²) in [5.41, 5.74) is 4.51. The predicted octanol–water partition coefficient (Wildman–Crippen LogP) is 14.8. The van der Waals surface area contributed by atoms with Crippen LogP contribution in [0.4, 0.5) is 0 Å². The van der Waals surface area contributed by atoms with Crippen molar-refractivity contribution in [1.82, 2.24) is 4.98 Å². The number of aliphatic hydroxyl groups is 1. The van der Waals surface area contributed by atoms with E-state index in [1.165, 1.54) is 62.4 Å². The normalized spacial score (nSPS) is 12.9. The van der Waals surface area contributed by atoms with Gasteiger partial charge in [-0.15, -0.1) is 46.3 Å². The van der Waals surface area contributed by atoms with Crippen LogP contribution in [-0.4, -0.2) is 15.9 Å². The molecule has 4 aromatic heterocycles. The summed E-state index contributed by atoms with van der Waals surface area (Å²) in [5, 5.41) is 17.5. The standard InChI is InChI=1S/C30H28NS3.C15H28O2.Ir/c1-16(2)11-20-17(3)33-25-15-22-26(14-21(20)25)34-24-7-9-31-28(27(22)24)19-12-18-8-10-32-29(18)23(13-19)30(4,5)6;1-7-14(5,8-2)12(16)11-13(17)15(6,9-3)10-4;/h7-10,13-16H,11H2,1-6H3;11,16H,7-10H2,1-6H3;/q-1;;/b;12-11-;. The number of carbonyl (C=O) groups is 1. The Morgan fingerprint density at radius 1 is 0.885 bits per heavy atom. The van der Waals surface area contributed by atoms with Crippen LogP contribution in [0.25, 0.3) is 51.6 Å². The van der Waals surface area contributed by atoms with E-state index < -0.39 is 0 Å². The van der Waals surface area contributed by atoms with Crippen molar-refractivity contribution in [2.24, 2.45) is 16.7 Å². The second-order valence-corrected chi connectivity index (χ2v) is 19.4. The Balaban J connectivity index is 0.000000289. The molecule has 0 saturated heterocycles. The molecule has 52 heavy (non-hydrogen) atoms. The molecule has 2 aromatic carbocycles. The number of nitrogens with zero attached hydrogens (tertiary/aromatic N) is 1. The van der Waals surface area contributed by atoms with Crippen molar-refractivity contribution in [2.45, 2.75) is 121 Å². The minimum Gasteiger partial charge on any atom is -0.512 e. The molecule has 0 spiro atoms. The Bertz CT molecular complexity index is 2220. The van der Waals surface area contributed by atoms with Crippen LogP contribution in [0.3, 0.4) is 0 Å². The maximum absolute atomic E-state index is 12.2. The molecule has 4 heterocycles. The number of benzene rings is 2. The van der Waals surface area contributed by atoms with Crippen molar-refractivity contribution in [3.05, 3.63) is 75.8 Å². The number of carbonyl (C=O) groups excluding carboxylic acids is 1. The number of aliphatic hydroxyl groups excluding tert-OH is 1. The summed E-state index contributed by atoms with van der Waals surface area (Å²) in [5.74, 6) is 0.943. The minimum absolute atomic E-state index is 0. The second kappa shape index (κ2) is 16.5. The van der Waals surface area contributed by atoms with E-state index in [1.807, 2.05) is 81.7 Å². The number of allylic oxidation sites excluding steroid dienone is 2. The second-order valence-electron chi connectivity index (χ2n) is 16.2. The van der Waals surface area contributed by atoms with Gasteiger partial charge in [-0.05, 0) is 100 Å². The third-order valence-corrected chi connectivity index (χ3v) is 14.4. The molecule has 0 bridgehead atoms. The first-order valence-corrected chi connectivity index (χ1v) is 21.1.